The lowest BCUT2D eigenvalue weighted by atomic mass is 9.94. The Morgan fingerprint density at radius 3 is 2.61 bits per heavy atom. The topological polar surface area (TPSA) is 256 Å². The maximum Gasteiger partial charge on any atom is 0.490 e. The van der Waals surface area contributed by atoms with Crippen molar-refractivity contribution in [2.24, 2.45) is 0 Å². The number of phosphoric ester groups is 1. The van der Waals surface area contributed by atoms with Gasteiger partial charge in [0.15, 0.2) is 16.5 Å². The second kappa shape index (κ2) is 10.4. The van der Waals surface area contributed by atoms with Crippen LogP contribution in [0.1, 0.15) is 14.8 Å². The summed E-state index contributed by atoms with van der Waals surface area (Å²) < 4.78 is 80.9. The van der Waals surface area contributed by atoms with Crippen LogP contribution in [0.15, 0.2) is 6.33 Å². The zero-order valence-electron chi connectivity index (χ0n) is 19.5. The minimum absolute atomic E-state index is 0.00599. The fourth-order valence-electron chi connectivity index (χ4n) is 3.01. The number of H-pyrrole nitrogens is 1. The van der Waals surface area contributed by atoms with Gasteiger partial charge in [-0.1, -0.05) is 24.1 Å². The normalized spacial score (nSPS) is 29.1. The van der Waals surface area contributed by atoms with E-state index >= 15 is 0 Å². The minimum Gasteiger partial charge on any atom is -0.386 e. The van der Waals surface area contributed by atoms with Crippen molar-refractivity contribution in [3.05, 3.63) is 16.8 Å². The van der Waals surface area contributed by atoms with E-state index in [0.29, 0.717) is 0 Å². The highest BCUT2D eigenvalue weighted by atomic mass is 32.1. The molecule has 2 aromatic heterocycles. The van der Waals surface area contributed by atoms with Crippen LogP contribution in [-0.2, 0) is 31.6 Å². The van der Waals surface area contributed by atoms with Crippen molar-refractivity contribution in [3.63, 3.8) is 0 Å². The van der Waals surface area contributed by atoms with Gasteiger partial charge in [-0.05, 0) is 6.92 Å². The quantitative estimate of drug-likeness (QED) is 0.121. The van der Waals surface area contributed by atoms with Crippen molar-refractivity contribution < 1.29 is 68.5 Å². The van der Waals surface area contributed by atoms with E-state index in [1.807, 2.05) is 11.8 Å². The fourth-order valence-corrected chi connectivity index (χ4v) is 6.18. The minimum atomic E-state index is -6.07. The number of rotatable bonds is 8. The van der Waals surface area contributed by atoms with E-state index in [-0.39, 0.29) is 21.6 Å². The molecule has 3 rings (SSSR count). The largest absolute Gasteiger partial charge is 0.490 e. The zero-order chi connectivity index (χ0) is 28.9. The number of aryl methyl sites for hydroxylation is 1. The maximum absolute atomic E-state index is 12.8. The molecule has 36 heavy (non-hydrogen) atoms. The summed E-state index contributed by atoms with van der Waals surface area (Å²) in [5, 5.41) is 21.9. The monoisotopic (exact) mass is 596 g/mol. The molecule has 2 aromatic rings. The molecule has 0 radical (unpaired) electrons. The molecule has 0 aliphatic carbocycles. The van der Waals surface area contributed by atoms with E-state index in [4.69, 9.17) is 29.5 Å². The number of phosphoric acid groups is 3. The van der Waals surface area contributed by atoms with Gasteiger partial charge in [-0.25, -0.2) is 28.1 Å². The second-order valence-electron chi connectivity index (χ2n) is 6.89. The average molecular weight is 596 g/mol. The van der Waals surface area contributed by atoms with Crippen molar-refractivity contribution in [3.8, 4) is 11.8 Å². The van der Waals surface area contributed by atoms with Crippen LogP contribution in [0.4, 0.5) is 4.39 Å². The Balaban J connectivity index is 2.01. The predicted octanol–water partition coefficient (Wildman–Crippen LogP) is 0.103. The number of imidazole rings is 1. The molecule has 1 fully saturated rings. The van der Waals surface area contributed by atoms with Gasteiger partial charge in [-0.3, -0.25) is 9.09 Å². The van der Waals surface area contributed by atoms with Crippen LogP contribution < -0.4 is 0 Å². The number of nitrogens with one attached hydrogen (secondary N) is 1. The van der Waals surface area contributed by atoms with Crippen molar-refractivity contribution in [2.45, 2.75) is 31.0 Å². The molecule has 200 valence electrons. The van der Waals surface area contributed by atoms with E-state index < -0.39 is 60.7 Å². The number of aromatic amines is 1. The van der Waals surface area contributed by atoms with Gasteiger partial charge in [0.2, 0.25) is 0 Å². The zero-order valence-corrected chi connectivity index (χ0v) is 21.0. The highest BCUT2D eigenvalue weighted by Gasteiger charge is 2.57. The van der Waals surface area contributed by atoms with Gasteiger partial charge < -0.3 is 39.5 Å². The first-order chi connectivity index (χ1) is 17.2. The molecular formula is C14H18FN4O13P3S. The third-order valence-electron chi connectivity index (χ3n) is 4.26. The lowest BCUT2D eigenvalue weighted by Crippen LogP contribution is -2.46. The van der Waals surface area contributed by atoms with Crippen LogP contribution in [0, 0.1) is 23.4 Å². The molecule has 0 bridgehead atoms. The van der Waals surface area contributed by atoms with Gasteiger partial charge >= 0.3 is 23.5 Å². The van der Waals surface area contributed by atoms with Crippen LogP contribution >= 0.6 is 35.7 Å². The number of ether oxygens (including phenoxy) is 1. The Morgan fingerprint density at radius 2 is 2.00 bits per heavy atom. The standard InChI is InChI=1S/C14H18FN4O13P3S/c1-7-17-11-9(12(36)18-7)16-6-19(11)13-14(21,3-2-4-15)10(20)8(30-13)5-29-34(25,26)32-35(27,28)31-33(22,23)24/h6,8,10,13,20-21H,4-5H2,1H3,(H,25,26)(H,27,28)(H,17,18,36)(H2,22,23,24)/t8-,10+,13-,14?/m1/s1/i5D2. The molecular weight excluding hydrogens is 576 g/mol. The lowest BCUT2D eigenvalue weighted by Gasteiger charge is -2.26. The van der Waals surface area contributed by atoms with Gasteiger partial charge in [-0.15, -0.1) is 0 Å². The Bertz CT molecular complexity index is 1510. The molecule has 1 aliphatic heterocycles. The number of halogens is 1. The summed E-state index contributed by atoms with van der Waals surface area (Å²) in [6.07, 6.45) is -5.78. The molecule has 17 nitrogen and oxygen atoms in total. The number of aliphatic hydroxyl groups is 2. The number of aliphatic hydroxyl groups excluding tert-OH is 1. The summed E-state index contributed by atoms with van der Waals surface area (Å²) in [6, 6.07) is 0. The van der Waals surface area contributed by atoms with Crippen LogP contribution in [0.2, 0.25) is 0 Å². The number of hydrogen-bond donors (Lipinski definition) is 7. The van der Waals surface area contributed by atoms with Crippen LogP contribution in [-0.4, -0.2) is 80.3 Å². The molecule has 0 spiro atoms. The van der Waals surface area contributed by atoms with Crippen LogP contribution in [0.3, 0.4) is 0 Å². The third-order valence-corrected chi connectivity index (χ3v) is 8.21. The van der Waals surface area contributed by atoms with Gasteiger partial charge in [-0.2, -0.15) is 8.62 Å². The molecule has 7 N–H and O–H groups in total. The summed E-state index contributed by atoms with van der Waals surface area (Å²) in [4.78, 5) is 47.0. The lowest BCUT2D eigenvalue weighted by molar-refractivity contribution is -0.0719. The Labute approximate surface area is 208 Å². The molecule has 1 aliphatic rings. The smallest absolute Gasteiger partial charge is 0.386 e. The number of fused-ring (bicyclic) bond motifs is 1. The highest BCUT2D eigenvalue weighted by Crippen LogP contribution is 2.66. The van der Waals surface area contributed by atoms with Crippen LogP contribution in [0.5, 0.6) is 0 Å². The van der Waals surface area contributed by atoms with Crippen molar-refractivity contribution in [2.75, 3.05) is 13.2 Å². The van der Waals surface area contributed by atoms with E-state index in [9.17, 15) is 38.1 Å². The van der Waals surface area contributed by atoms with Crippen molar-refractivity contribution in [1.29, 1.82) is 0 Å². The van der Waals surface area contributed by atoms with Gasteiger partial charge in [0.1, 0.15) is 35.9 Å². The van der Waals surface area contributed by atoms with Gasteiger partial charge in [0.25, 0.3) is 0 Å². The maximum atomic E-state index is 12.8. The Kier molecular flexibility index (Phi) is 7.54. The molecule has 6 atom stereocenters. The predicted molar refractivity (Wildman–Crippen MR) is 116 cm³/mol. The molecule has 0 aromatic carbocycles. The summed E-state index contributed by atoms with van der Waals surface area (Å²) in [5.74, 6) is 4.12. The van der Waals surface area contributed by atoms with E-state index in [1.165, 1.54) is 6.92 Å². The molecule has 3 unspecified atom stereocenters. The first-order valence-corrected chi connectivity index (χ1v) is 14.0. The van der Waals surface area contributed by atoms with Crippen molar-refractivity contribution >= 4 is 46.8 Å². The fraction of sp³-hybridized carbons (Fsp3) is 0.500. The van der Waals surface area contributed by atoms with Gasteiger partial charge in [0.05, 0.1) is 15.6 Å². The highest BCUT2D eigenvalue weighted by molar-refractivity contribution is 7.71. The number of nitrogens with zero attached hydrogens (tertiary/aromatic N) is 3. The first kappa shape index (κ1) is 26.2. The second-order valence-corrected chi connectivity index (χ2v) is 11.6. The van der Waals surface area contributed by atoms with Crippen molar-refractivity contribution in [1.82, 2.24) is 19.5 Å². The van der Waals surface area contributed by atoms with Crippen LogP contribution in [0.25, 0.3) is 11.2 Å². The SMILES string of the molecule is [2H]C([2H])(OP(=O)(O)OP(=O)(O)OP(=O)(O)O)[C@H]1O[C@@H](n2cnc3c(=S)nc(C)[nH]c32)C(O)(C#CCF)[C@H]1O. The van der Waals surface area contributed by atoms with E-state index in [0.717, 1.165) is 10.9 Å². The average Bonchev–Trinajstić information content (AvgIpc) is 3.22. The molecule has 0 amide bonds. The first-order valence-electron chi connectivity index (χ1n) is 10.1. The summed E-state index contributed by atoms with van der Waals surface area (Å²) >= 11 is 5.11. The van der Waals surface area contributed by atoms with E-state index in [1.54, 1.807) is 0 Å². The molecule has 22 heteroatoms. The molecule has 1 saturated heterocycles. The Morgan fingerprint density at radius 1 is 1.33 bits per heavy atom. The molecule has 0 saturated carbocycles. The van der Waals surface area contributed by atoms with E-state index in [2.05, 4.69) is 28.1 Å². The van der Waals surface area contributed by atoms with Gasteiger partial charge in [0, 0.05) is 0 Å². The Hall–Kier alpha value is -1.45. The third kappa shape index (κ3) is 6.51. The summed E-state index contributed by atoms with van der Waals surface area (Å²) in [7, 11) is -17.8. The summed E-state index contributed by atoms with van der Waals surface area (Å²) in [5.41, 5.74) is -2.72. The molecule has 3 heterocycles. The number of alkyl halides is 1. The number of hydrogen-bond acceptors (Lipinski definition) is 12. The summed E-state index contributed by atoms with van der Waals surface area (Å²) in [6.45, 7) is -3.49. The number of aromatic nitrogens is 4.